The van der Waals surface area contributed by atoms with Crippen LogP contribution in [0.25, 0.3) is 77.4 Å². The Bertz CT molecular complexity index is 2610. The molecule has 6 aromatic carbocycles. The quantitative estimate of drug-likeness (QED) is 0.206. The predicted octanol–water partition coefficient (Wildman–Crippen LogP) is 10.5. The largest absolute Gasteiger partial charge is 0.309 e. The number of nitrogens with zero attached hydrogens (tertiary/aromatic N) is 3. The average Bonchev–Trinajstić information content (AvgIpc) is 3.76. The Labute approximate surface area is 260 Å². The molecule has 0 amide bonds. The zero-order chi connectivity index (χ0) is 29.5. The molecule has 0 unspecified atom stereocenters. The number of aromatic nitrogens is 3. The van der Waals surface area contributed by atoms with E-state index in [1.807, 2.05) is 12.3 Å². The van der Waals surface area contributed by atoms with E-state index in [0.717, 1.165) is 17.8 Å². The molecule has 0 bridgehead atoms. The maximum absolute atomic E-state index is 4.83. The second-order valence-corrected chi connectivity index (χ2v) is 12.0. The monoisotopic (exact) mass is 573 g/mol. The first-order valence-electron chi connectivity index (χ1n) is 15.5. The Morgan fingerprint density at radius 1 is 0.444 bits per heavy atom. The van der Waals surface area contributed by atoms with Crippen LogP contribution in [-0.2, 0) is 6.42 Å². The number of hydrogen-bond acceptors (Lipinski definition) is 1. The molecule has 45 heavy (non-hydrogen) atoms. The van der Waals surface area contributed by atoms with Gasteiger partial charge in [-0.15, -0.1) is 0 Å². The molecular weight excluding hydrogens is 546 g/mol. The maximum Gasteiger partial charge on any atom is 0.0705 e. The number of rotatable bonds is 3. The van der Waals surface area contributed by atoms with Gasteiger partial charge in [-0.1, -0.05) is 84.9 Å². The lowest BCUT2D eigenvalue weighted by Gasteiger charge is -2.15. The number of para-hydroxylation sites is 3. The third kappa shape index (κ3) is 3.44. The highest BCUT2D eigenvalue weighted by Gasteiger charge is 2.25. The van der Waals surface area contributed by atoms with E-state index in [2.05, 4.69) is 149 Å². The molecule has 0 radical (unpaired) electrons. The standard InChI is InChI=1S/C42H27N3/c1-2-13-28(14-3-1)44-37-19-8-6-16-31(37)41-39(44)21-22-40-42(41)32-17-7-9-20-38(32)45(40)29-25-34-30-15-5-4-12-27(30)24-33(34)35(26-29)36-18-10-11-23-43-36/h1-23,25-26H,24H2. The van der Waals surface area contributed by atoms with Gasteiger partial charge in [0.05, 0.1) is 27.8 Å². The van der Waals surface area contributed by atoms with Crippen molar-refractivity contribution in [2.24, 2.45) is 0 Å². The van der Waals surface area contributed by atoms with Gasteiger partial charge in [0, 0.05) is 44.7 Å². The van der Waals surface area contributed by atoms with Gasteiger partial charge in [-0.3, -0.25) is 4.98 Å². The smallest absolute Gasteiger partial charge is 0.0705 e. The van der Waals surface area contributed by atoms with E-state index in [1.165, 1.54) is 77.1 Å². The van der Waals surface area contributed by atoms with Crippen LogP contribution in [0, 0.1) is 0 Å². The van der Waals surface area contributed by atoms with E-state index >= 15 is 0 Å². The molecule has 210 valence electrons. The predicted molar refractivity (Wildman–Crippen MR) is 187 cm³/mol. The van der Waals surface area contributed by atoms with Gasteiger partial charge >= 0.3 is 0 Å². The lowest BCUT2D eigenvalue weighted by molar-refractivity contribution is 1.16. The van der Waals surface area contributed by atoms with Crippen LogP contribution in [0.2, 0.25) is 0 Å². The minimum atomic E-state index is 0.921. The Morgan fingerprint density at radius 3 is 1.76 bits per heavy atom. The van der Waals surface area contributed by atoms with Gasteiger partial charge in [0.15, 0.2) is 0 Å². The van der Waals surface area contributed by atoms with E-state index in [1.54, 1.807) is 0 Å². The van der Waals surface area contributed by atoms with Crippen LogP contribution in [0.1, 0.15) is 11.1 Å². The van der Waals surface area contributed by atoms with E-state index in [0.29, 0.717) is 0 Å². The van der Waals surface area contributed by atoms with Gasteiger partial charge in [0.25, 0.3) is 0 Å². The molecular formula is C42H27N3. The Morgan fingerprint density at radius 2 is 1.04 bits per heavy atom. The molecule has 0 atom stereocenters. The number of benzene rings is 6. The molecule has 0 saturated heterocycles. The van der Waals surface area contributed by atoms with Gasteiger partial charge in [0.2, 0.25) is 0 Å². The van der Waals surface area contributed by atoms with Crippen molar-refractivity contribution in [3.8, 4) is 33.8 Å². The van der Waals surface area contributed by atoms with Gasteiger partial charge in [0.1, 0.15) is 0 Å². The van der Waals surface area contributed by atoms with E-state index in [-0.39, 0.29) is 0 Å². The maximum atomic E-state index is 4.83. The van der Waals surface area contributed by atoms with Crippen LogP contribution < -0.4 is 0 Å². The van der Waals surface area contributed by atoms with Gasteiger partial charge in [-0.2, -0.15) is 0 Å². The summed E-state index contributed by atoms with van der Waals surface area (Å²) in [5, 5.41) is 5.10. The van der Waals surface area contributed by atoms with Crippen LogP contribution in [0.15, 0.2) is 152 Å². The fraction of sp³-hybridized carbons (Fsp3) is 0.0238. The number of hydrogen-bond donors (Lipinski definition) is 0. The highest BCUT2D eigenvalue weighted by atomic mass is 15.0. The topological polar surface area (TPSA) is 22.8 Å². The summed E-state index contributed by atoms with van der Waals surface area (Å²) in [7, 11) is 0. The average molecular weight is 574 g/mol. The fourth-order valence-corrected chi connectivity index (χ4v) is 7.75. The minimum absolute atomic E-state index is 0.921. The number of pyridine rings is 1. The first-order valence-corrected chi connectivity index (χ1v) is 15.5. The van der Waals surface area contributed by atoms with Crippen molar-refractivity contribution in [3.05, 3.63) is 163 Å². The van der Waals surface area contributed by atoms with Crippen LogP contribution in [0.5, 0.6) is 0 Å². The molecule has 0 saturated carbocycles. The summed E-state index contributed by atoms with van der Waals surface area (Å²) in [6, 6.07) is 52.8. The summed E-state index contributed by atoms with van der Waals surface area (Å²) in [6.45, 7) is 0. The molecule has 0 fully saturated rings. The lowest BCUT2D eigenvalue weighted by atomic mass is 9.97. The summed E-state index contributed by atoms with van der Waals surface area (Å²) in [5.41, 5.74) is 14.7. The van der Waals surface area contributed by atoms with E-state index in [9.17, 15) is 0 Å². The summed E-state index contributed by atoms with van der Waals surface area (Å²) >= 11 is 0. The molecule has 0 N–H and O–H groups in total. The zero-order valence-electron chi connectivity index (χ0n) is 24.5. The van der Waals surface area contributed by atoms with Crippen LogP contribution >= 0.6 is 0 Å². The van der Waals surface area contributed by atoms with E-state index < -0.39 is 0 Å². The first-order chi connectivity index (χ1) is 22.3. The first kappa shape index (κ1) is 24.5. The molecule has 0 spiro atoms. The normalized spacial score (nSPS) is 12.4. The fourth-order valence-electron chi connectivity index (χ4n) is 7.75. The minimum Gasteiger partial charge on any atom is -0.309 e. The third-order valence-corrected chi connectivity index (χ3v) is 9.59. The molecule has 3 aromatic heterocycles. The molecule has 3 nitrogen and oxygen atoms in total. The van der Waals surface area contributed by atoms with Crippen molar-refractivity contribution in [2.75, 3.05) is 0 Å². The SMILES string of the molecule is c1ccc(-n2c3ccccc3c3c4c5ccccc5n(-c5cc(-c6ccccn6)c6c(c5)-c5ccccc5C6)c4ccc32)cc1. The van der Waals surface area contributed by atoms with Crippen LogP contribution in [0.4, 0.5) is 0 Å². The van der Waals surface area contributed by atoms with Gasteiger partial charge in [-0.25, -0.2) is 0 Å². The Kier molecular flexibility index (Phi) is 5.06. The summed E-state index contributed by atoms with van der Waals surface area (Å²) in [4.78, 5) is 4.83. The molecule has 0 aliphatic heterocycles. The van der Waals surface area contributed by atoms with E-state index in [4.69, 9.17) is 4.98 Å². The highest BCUT2D eigenvalue weighted by Crippen LogP contribution is 2.46. The molecule has 9 aromatic rings. The third-order valence-electron chi connectivity index (χ3n) is 9.59. The summed E-state index contributed by atoms with van der Waals surface area (Å²) in [6.07, 6.45) is 2.82. The zero-order valence-corrected chi connectivity index (χ0v) is 24.5. The number of fused-ring (bicyclic) bond motifs is 10. The summed E-state index contributed by atoms with van der Waals surface area (Å²) < 4.78 is 4.87. The van der Waals surface area contributed by atoms with Crippen molar-refractivity contribution < 1.29 is 0 Å². The van der Waals surface area contributed by atoms with Gasteiger partial charge in [-0.05, 0) is 89.3 Å². The van der Waals surface area contributed by atoms with Crippen LogP contribution in [-0.4, -0.2) is 14.1 Å². The van der Waals surface area contributed by atoms with Crippen molar-refractivity contribution in [1.29, 1.82) is 0 Å². The lowest BCUT2D eigenvalue weighted by Crippen LogP contribution is -1.98. The molecule has 3 heterocycles. The molecule has 10 rings (SSSR count). The molecule has 1 aliphatic carbocycles. The molecule has 3 heteroatoms. The second-order valence-electron chi connectivity index (χ2n) is 12.0. The van der Waals surface area contributed by atoms with Crippen molar-refractivity contribution in [3.63, 3.8) is 0 Å². The Balaban J connectivity index is 1.34. The van der Waals surface area contributed by atoms with Gasteiger partial charge < -0.3 is 9.13 Å². The van der Waals surface area contributed by atoms with Crippen molar-refractivity contribution >= 4 is 43.6 Å². The molecule has 1 aliphatic rings. The summed E-state index contributed by atoms with van der Waals surface area (Å²) in [5.74, 6) is 0. The second kappa shape index (κ2) is 9.28. The Hall–Kier alpha value is -5.93. The van der Waals surface area contributed by atoms with Crippen molar-refractivity contribution in [2.45, 2.75) is 6.42 Å². The van der Waals surface area contributed by atoms with Crippen LogP contribution in [0.3, 0.4) is 0 Å². The highest BCUT2D eigenvalue weighted by molar-refractivity contribution is 6.28. The van der Waals surface area contributed by atoms with Crippen molar-refractivity contribution in [1.82, 2.24) is 14.1 Å².